The molecule has 170 valence electrons. The fourth-order valence-electron chi connectivity index (χ4n) is 3.40. The molecule has 1 atom stereocenters. The van der Waals surface area contributed by atoms with Gasteiger partial charge in [0.2, 0.25) is 5.91 Å². The second-order valence-corrected chi connectivity index (χ2v) is 9.82. The summed E-state index contributed by atoms with van der Waals surface area (Å²) in [6, 6.07) is 10.2. The lowest BCUT2D eigenvalue weighted by atomic mass is 10.2. The molecule has 1 N–H and O–H groups in total. The molecule has 7 nitrogen and oxygen atoms in total. The van der Waals surface area contributed by atoms with Crippen molar-refractivity contribution in [2.75, 3.05) is 32.8 Å². The third-order valence-electron chi connectivity index (χ3n) is 5.23. The molecule has 0 bridgehead atoms. The second kappa shape index (κ2) is 11.0. The Morgan fingerprint density at radius 3 is 2.72 bits per heavy atom. The maximum Gasteiger partial charge on any atom is 0.233 e. The van der Waals surface area contributed by atoms with Gasteiger partial charge in [0.1, 0.15) is 5.82 Å². The summed E-state index contributed by atoms with van der Waals surface area (Å²) in [5.74, 6) is 0.333. The molecule has 1 aliphatic heterocycles. The van der Waals surface area contributed by atoms with Gasteiger partial charge in [0.05, 0.1) is 25.0 Å². The predicted octanol–water partition coefficient (Wildman–Crippen LogP) is 3.27. The number of carbonyl (C=O) groups is 1. The number of hydrogen-bond acceptors (Lipinski definition) is 7. The lowest BCUT2D eigenvalue weighted by Crippen LogP contribution is -2.38. The van der Waals surface area contributed by atoms with Crippen molar-refractivity contribution in [3.8, 4) is 11.4 Å². The molecule has 3 heterocycles. The van der Waals surface area contributed by atoms with Crippen LogP contribution in [0.3, 0.4) is 0 Å². The molecule has 0 saturated carbocycles. The van der Waals surface area contributed by atoms with Gasteiger partial charge in [-0.3, -0.25) is 9.69 Å². The maximum atomic E-state index is 13.4. The van der Waals surface area contributed by atoms with Gasteiger partial charge in [0, 0.05) is 36.6 Å². The molecule has 4 rings (SSSR count). The molecule has 1 aliphatic rings. The number of halogens is 1. The molecule has 1 amide bonds. The number of aromatic nitrogens is 3. The van der Waals surface area contributed by atoms with Gasteiger partial charge in [-0.15, -0.1) is 21.5 Å². The van der Waals surface area contributed by atoms with Crippen molar-refractivity contribution in [3.05, 3.63) is 52.5 Å². The van der Waals surface area contributed by atoms with E-state index in [1.54, 1.807) is 23.5 Å². The molecular weight excluding hydrogens is 449 g/mol. The van der Waals surface area contributed by atoms with Crippen LogP contribution in [0.1, 0.15) is 11.8 Å². The highest BCUT2D eigenvalue weighted by Crippen LogP contribution is 2.27. The van der Waals surface area contributed by atoms with Gasteiger partial charge in [0.25, 0.3) is 0 Å². The first-order valence-electron chi connectivity index (χ1n) is 10.6. The van der Waals surface area contributed by atoms with E-state index in [0.717, 1.165) is 43.3 Å². The number of morpholine rings is 1. The predicted molar refractivity (Wildman–Crippen MR) is 124 cm³/mol. The van der Waals surface area contributed by atoms with Gasteiger partial charge in [0.15, 0.2) is 11.0 Å². The van der Waals surface area contributed by atoms with Gasteiger partial charge in [-0.2, -0.15) is 0 Å². The number of amides is 1. The number of hydrogen-bond donors (Lipinski definition) is 1. The molecular formula is C22H26FN5O2S2. The average Bonchev–Trinajstić information content (AvgIpc) is 3.47. The quantitative estimate of drug-likeness (QED) is 0.479. The molecule has 0 spiro atoms. The van der Waals surface area contributed by atoms with E-state index >= 15 is 0 Å². The van der Waals surface area contributed by atoms with Crippen molar-refractivity contribution in [1.82, 2.24) is 25.0 Å². The second-order valence-electron chi connectivity index (χ2n) is 7.48. The molecule has 32 heavy (non-hydrogen) atoms. The molecule has 0 radical (unpaired) electrons. The van der Waals surface area contributed by atoms with Crippen molar-refractivity contribution in [2.45, 2.75) is 30.4 Å². The van der Waals surface area contributed by atoms with Crippen LogP contribution in [-0.2, 0) is 22.6 Å². The van der Waals surface area contributed by atoms with E-state index in [2.05, 4.69) is 20.4 Å². The summed E-state index contributed by atoms with van der Waals surface area (Å²) < 4.78 is 20.9. The lowest BCUT2D eigenvalue weighted by Gasteiger charge is -2.27. The highest BCUT2D eigenvalue weighted by atomic mass is 32.2. The Labute approximate surface area is 195 Å². The minimum Gasteiger partial charge on any atom is -0.379 e. The third kappa shape index (κ3) is 5.94. The van der Waals surface area contributed by atoms with Crippen molar-refractivity contribution >= 4 is 29.0 Å². The van der Waals surface area contributed by atoms with E-state index < -0.39 is 0 Å². The SMILES string of the molecule is CC(Sc1nnc(-c2ccc(F)cc2)n1CCN1CCOCC1)C(=O)NCc1cccs1. The Morgan fingerprint density at radius 2 is 2.00 bits per heavy atom. The fraction of sp³-hybridized carbons (Fsp3) is 0.409. The highest BCUT2D eigenvalue weighted by molar-refractivity contribution is 8.00. The van der Waals surface area contributed by atoms with Crippen LogP contribution < -0.4 is 5.32 Å². The summed E-state index contributed by atoms with van der Waals surface area (Å²) in [6.45, 7) is 7.12. The van der Waals surface area contributed by atoms with E-state index in [1.165, 1.54) is 23.9 Å². The highest BCUT2D eigenvalue weighted by Gasteiger charge is 2.22. The molecule has 1 saturated heterocycles. The van der Waals surface area contributed by atoms with E-state index in [4.69, 9.17) is 4.74 Å². The summed E-state index contributed by atoms with van der Waals surface area (Å²) in [7, 11) is 0. The van der Waals surface area contributed by atoms with E-state index in [9.17, 15) is 9.18 Å². The largest absolute Gasteiger partial charge is 0.379 e. The molecule has 10 heteroatoms. The number of thiophene rings is 1. The van der Waals surface area contributed by atoms with Crippen molar-refractivity contribution < 1.29 is 13.9 Å². The van der Waals surface area contributed by atoms with Crippen LogP contribution in [0.2, 0.25) is 0 Å². The number of thioether (sulfide) groups is 1. The minimum absolute atomic E-state index is 0.0468. The minimum atomic E-state index is -0.331. The normalized spacial score (nSPS) is 15.6. The van der Waals surface area contributed by atoms with Crippen LogP contribution in [0.25, 0.3) is 11.4 Å². The Kier molecular flexibility index (Phi) is 7.90. The van der Waals surface area contributed by atoms with Crippen LogP contribution in [0.5, 0.6) is 0 Å². The van der Waals surface area contributed by atoms with E-state index in [0.29, 0.717) is 24.1 Å². The summed E-state index contributed by atoms with van der Waals surface area (Å²) >= 11 is 3.00. The van der Waals surface area contributed by atoms with Crippen molar-refractivity contribution in [1.29, 1.82) is 0 Å². The van der Waals surface area contributed by atoms with Crippen LogP contribution in [-0.4, -0.2) is 63.7 Å². The zero-order valence-corrected chi connectivity index (χ0v) is 19.5. The summed E-state index contributed by atoms with van der Waals surface area (Å²) in [4.78, 5) is 16.1. The van der Waals surface area contributed by atoms with Crippen LogP contribution in [0.15, 0.2) is 46.9 Å². The number of ether oxygens (including phenoxy) is 1. The first-order chi connectivity index (χ1) is 15.6. The average molecular weight is 476 g/mol. The zero-order valence-electron chi connectivity index (χ0n) is 17.9. The topological polar surface area (TPSA) is 72.3 Å². The van der Waals surface area contributed by atoms with Gasteiger partial charge in [-0.05, 0) is 42.6 Å². The number of benzene rings is 1. The van der Waals surface area contributed by atoms with Gasteiger partial charge in [-0.25, -0.2) is 4.39 Å². The molecule has 2 aromatic heterocycles. The van der Waals surface area contributed by atoms with Crippen LogP contribution in [0.4, 0.5) is 4.39 Å². The summed E-state index contributed by atoms with van der Waals surface area (Å²) in [5.41, 5.74) is 0.794. The van der Waals surface area contributed by atoms with E-state index in [1.807, 2.05) is 29.0 Å². The number of nitrogens with zero attached hydrogens (tertiary/aromatic N) is 4. The Bertz CT molecular complexity index is 1000. The molecule has 1 aromatic carbocycles. The molecule has 1 unspecified atom stereocenters. The Morgan fingerprint density at radius 1 is 1.22 bits per heavy atom. The monoisotopic (exact) mass is 475 g/mol. The molecule has 3 aromatic rings. The number of nitrogens with one attached hydrogen (secondary N) is 1. The van der Waals surface area contributed by atoms with Gasteiger partial charge >= 0.3 is 0 Å². The number of rotatable bonds is 9. The van der Waals surface area contributed by atoms with Gasteiger partial charge < -0.3 is 14.6 Å². The van der Waals surface area contributed by atoms with Crippen molar-refractivity contribution in [3.63, 3.8) is 0 Å². The maximum absolute atomic E-state index is 13.4. The Hall–Kier alpha value is -2.27. The first-order valence-corrected chi connectivity index (χ1v) is 12.3. The molecule has 0 aliphatic carbocycles. The standard InChI is InChI=1S/C22H26FN5O2S2/c1-16(21(29)24-15-19-3-2-14-31-19)32-22-26-25-20(17-4-6-18(23)7-5-17)28(22)9-8-27-10-12-30-13-11-27/h2-7,14,16H,8-13,15H2,1H3,(H,24,29). The zero-order chi connectivity index (χ0) is 22.3. The summed E-state index contributed by atoms with van der Waals surface area (Å²) in [6.07, 6.45) is 0. The van der Waals surface area contributed by atoms with Gasteiger partial charge in [-0.1, -0.05) is 17.8 Å². The third-order valence-corrected chi connectivity index (χ3v) is 7.19. The van der Waals surface area contributed by atoms with Crippen LogP contribution in [0, 0.1) is 5.82 Å². The Balaban J connectivity index is 1.48. The number of carbonyl (C=O) groups excluding carboxylic acids is 1. The summed E-state index contributed by atoms with van der Waals surface area (Å²) in [5, 5.41) is 14.1. The smallest absolute Gasteiger partial charge is 0.233 e. The first kappa shape index (κ1) is 22.9. The fourth-order valence-corrected chi connectivity index (χ4v) is 4.94. The lowest BCUT2D eigenvalue weighted by molar-refractivity contribution is -0.120. The molecule has 1 fully saturated rings. The van der Waals surface area contributed by atoms with Crippen LogP contribution >= 0.6 is 23.1 Å². The van der Waals surface area contributed by atoms with Crippen molar-refractivity contribution in [2.24, 2.45) is 0 Å². The van der Waals surface area contributed by atoms with E-state index in [-0.39, 0.29) is 17.0 Å².